The molecule has 190 valence electrons. The standard InChI is InChI=1S/C32H39NO3/c1-21-8-11-24-16-26-30-12-13-32(34-2,25(17-30)20-35-19-23-6-4-3-5-7-23)29-31(30,27(24)28(21)36-29)14-15-33(26)18-22-9-10-22/h3-8,11,22,25-26,29H,9-10,12-20H2,1-2H3/t25-,26+,29?,30+,31-,32+/m0/s1. The molecule has 36 heavy (non-hydrogen) atoms. The van der Waals surface area contributed by atoms with Crippen LogP contribution < -0.4 is 4.74 Å². The average molecular weight is 486 g/mol. The zero-order valence-corrected chi connectivity index (χ0v) is 21.8. The Morgan fingerprint density at radius 3 is 2.72 bits per heavy atom. The molecule has 1 saturated heterocycles. The quantitative estimate of drug-likeness (QED) is 0.523. The molecule has 0 amide bonds. The van der Waals surface area contributed by atoms with Crippen molar-refractivity contribution < 1.29 is 14.2 Å². The molecule has 5 fully saturated rings. The molecule has 2 aliphatic heterocycles. The monoisotopic (exact) mass is 485 g/mol. The largest absolute Gasteiger partial charge is 0.486 e. The highest BCUT2D eigenvalue weighted by molar-refractivity contribution is 5.61. The van der Waals surface area contributed by atoms with Crippen molar-refractivity contribution in [2.75, 3.05) is 26.8 Å². The van der Waals surface area contributed by atoms with Gasteiger partial charge in [-0.3, -0.25) is 4.90 Å². The van der Waals surface area contributed by atoms with Gasteiger partial charge in [0.2, 0.25) is 0 Å². The lowest BCUT2D eigenvalue weighted by Gasteiger charge is -2.74. The highest BCUT2D eigenvalue weighted by Gasteiger charge is 2.80. The van der Waals surface area contributed by atoms with Gasteiger partial charge in [-0.05, 0) is 81.0 Å². The van der Waals surface area contributed by atoms with Crippen LogP contribution in [0.1, 0.15) is 60.8 Å². The first-order valence-electron chi connectivity index (χ1n) is 14.3. The number of benzene rings is 2. The van der Waals surface area contributed by atoms with Gasteiger partial charge in [0.15, 0.2) is 0 Å². The molecule has 2 aromatic carbocycles. The first-order chi connectivity index (χ1) is 17.6. The van der Waals surface area contributed by atoms with Gasteiger partial charge in [0.1, 0.15) is 17.5 Å². The Morgan fingerprint density at radius 1 is 1.06 bits per heavy atom. The summed E-state index contributed by atoms with van der Waals surface area (Å²) in [6.07, 6.45) is 8.90. The fourth-order valence-electron chi connectivity index (χ4n) is 9.79. The number of nitrogens with zero attached hydrogens (tertiary/aromatic N) is 1. The summed E-state index contributed by atoms with van der Waals surface area (Å²) in [5.41, 5.74) is 5.77. The van der Waals surface area contributed by atoms with Crippen molar-refractivity contribution in [1.29, 1.82) is 0 Å². The second-order valence-electron chi connectivity index (χ2n) is 12.8. The first-order valence-corrected chi connectivity index (χ1v) is 14.3. The van der Waals surface area contributed by atoms with Gasteiger partial charge in [-0.25, -0.2) is 0 Å². The fraction of sp³-hybridized carbons (Fsp3) is 0.625. The summed E-state index contributed by atoms with van der Waals surface area (Å²) < 4.78 is 20.3. The minimum absolute atomic E-state index is 0.0941. The zero-order valence-electron chi connectivity index (χ0n) is 21.8. The minimum Gasteiger partial charge on any atom is -0.486 e. The van der Waals surface area contributed by atoms with Gasteiger partial charge in [-0.2, -0.15) is 0 Å². The van der Waals surface area contributed by atoms with Crippen LogP contribution in [0.4, 0.5) is 0 Å². The normalized spacial score (nSPS) is 39.7. The lowest BCUT2D eigenvalue weighted by molar-refractivity contribution is -0.283. The van der Waals surface area contributed by atoms with Crippen LogP contribution in [0.15, 0.2) is 42.5 Å². The average Bonchev–Trinajstić information content (AvgIpc) is 3.64. The van der Waals surface area contributed by atoms with Crippen molar-refractivity contribution in [1.82, 2.24) is 4.90 Å². The molecule has 4 saturated carbocycles. The summed E-state index contributed by atoms with van der Waals surface area (Å²) in [5.74, 6) is 2.49. The maximum Gasteiger partial charge on any atom is 0.138 e. The van der Waals surface area contributed by atoms with E-state index >= 15 is 0 Å². The molecule has 0 N–H and O–H groups in total. The molecule has 2 heterocycles. The maximum absolute atomic E-state index is 7.16. The van der Waals surface area contributed by atoms with E-state index in [0.717, 1.165) is 18.9 Å². The number of piperidine rings is 1. The van der Waals surface area contributed by atoms with Crippen molar-refractivity contribution in [3.8, 4) is 5.75 Å². The molecule has 5 aliphatic carbocycles. The Morgan fingerprint density at radius 2 is 1.92 bits per heavy atom. The molecule has 7 aliphatic rings. The number of fused-ring (bicyclic) bond motifs is 2. The van der Waals surface area contributed by atoms with E-state index in [4.69, 9.17) is 14.2 Å². The molecular weight excluding hydrogens is 446 g/mol. The van der Waals surface area contributed by atoms with E-state index in [2.05, 4.69) is 54.3 Å². The number of likely N-dealkylation sites (tertiary alicyclic amines) is 1. The molecule has 0 radical (unpaired) electrons. The van der Waals surface area contributed by atoms with Crippen LogP contribution in [-0.4, -0.2) is 49.5 Å². The van der Waals surface area contributed by atoms with E-state index in [1.165, 1.54) is 68.5 Å². The smallest absolute Gasteiger partial charge is 0.138 e. The van der Waals surface area contributed by atoms with Crippen LogP contribution >= 0.6 is 0 Å². The fourth-order valence-corrected chi connectivity index (χ4v) is 9.79. The number of hydrogen-bond acceptors (Lipinski definition) is 4. The summed E-state index contributed by atoms with van der Waals surface area (Å²) in [6.45, 7) is 6.17. The summed E-state index contributed by atoms with van der Waals surface area (Å²) >= 11 is 0. The predicted molar refractivity (Wildman–Crippen MR) is 139 cm³/mol. The van der Waals surface area contributed by atoms with E-state index in [1.807, 2.05) is 7.11 Å². The Labute approximate surface area is 215 Å². The predicted octanol–water partition coefficient (Wildman–Crippen LogP) is 5.44. The van der Waals surface area contributed by atoms with Crippen LogP contribution in [0, 0.1) is 24.2 Å². The van der Waals surface area contributed by atoms with Gasteiger partial charge in [0.25, 0.3) is 0 Å². The summed E-state index contributed by atoms with van der Waals surface area (Å²) in [6, 6.07) is 16.0. The molecule has 2 aromatic rings. The van der Waals surface area contributed by atoms with Gasteiger partial charge in [0, 0.05) is 42.0 Å². The minimum atomic E-state index is -0.276. The maximum atomic E-state index is 7.16. The Bertz CT molecular complexity index is 1190. The molecular formula is C32H39NO3. The van der Waals surface area contributed by atoms with E-state index < -0.39 is 0 Å². The van der Waals surface area contributed by atoms with Gasteiger partial charge < -0.3 is 14.2 Å². The van der Waals surface area contributed by atoms with Crippen molar-refractivity contribution in [2.24, 2.45) is 17.3 Å². The molecule has 1 unspecified atom stereocenters. The summed E-state index contributed by atoms with van der Waals surface area (Å²) in [7, 11) is 1.95. The number of ether oxygens (including phenoxy) is 3. The van der Waals surface area contributed by atoms with Crippen molar-refractivity contribution in [3.63, 3.8) is 0 Å². The van der Waals surface area contributed by atoms with Gasteiger partial charge in [-0.15, -0.1) is 0 Å². The zero-order chi connectivity index (χ0) is 24.1. The third-order valence-electron chi connectivity index (χ3n) is 11.5. The van der Waals surface area contributed by atoms with Crippen LogP contribution in [0.3, 0.4) is 0 Å². The lowest BCUT2D eigenvalue weighted by atomic mass is 9.35. The molecule has 6 atom stereocenters. The Kier molecular flexibility index (Phi) is 4.66. The Balaban J connectivity index is 1.22. The topological polar surface area (TPSA) is 30.9 Å². The molecule has 4 heteroatoms. The van der Waals surface area contributed by atoms with Gasteiger partial charge in [0.05, 0.1) is 13.2 Å². The van der Waals surface area contributed by atoms with Crippen LogP contribution in [-0.2, 0) is 27.9 Å². The summed E-state index contributed by atoms with van der Waals surface area (Å²) in [5, 5.41) is 0. The van der Waals surface area contributed by atoms with Gasteiger partial charge >= 0.3 is 0 Å². The lowest BCUT2D eigenvalue weighted by Crippen LogP contribution is -2.81. The van der Waals surface area contributed by atoms with E-state index in [0.29, 0.717) is 18.6 Å². The van der Waals surface area contributed by atoms with E-state index in [9.17, 15) is 0 Å². The van der Waals surface area contributed by atoms with E-state index in [1.54, 1.807) is 11.1 Å². The molecule has 2 spiro atoms. The second kappa shape index (κ2) is 7.58. The molecule has 9 rings (SSSR count). The second-order valence-corrected chi connectivity index (χ2v) is 12.8. The number of hydrogen-bond donors (Lipinski definition) is 0. The third kappa shape index (κ3) is 2.66. The number of aryl methyl sites for hydroxylation is 1. The van der Waals surface area contributed by atoms with Crippen LogP contribution in [0.25, 0.3) is 0 Å². The third-order valence-corrected chi connectivity index (χ3v) is 11.5. The summed E-state index contributed by atoms with van der Waals surface area (Å²) in [4.78, 5) is 2.92. The SMILES string of the molecule is CO[C@]12CC[C@@]3(C[C@H]1COCc1ccccc1)[C@H]1Cc4ccc(C)c5c4[C@@]3(CCN1CC1CC1)C2O5. The van der Waals surface area contributed by atoms with E-state index in [-0.39, 0.29) is 22.5 Å². The van der Waals surface area contributed by atoms with Crippen molar-refractivity contribution in [2.45, 2.75) is 81.6 Å². The number of rotatable bonds is 7. The van der Waals surface area contributed by atoms with Crippen molar-refractivity contribution >= 4 is 0 Å². The Hall–Kier alpha value is -1.88. The number of methoxy groups -OCH3 is 1. The van der Waals surface area contributed by atoms with Crippen molar-refractivity contribution in [3.05, 3.63) is 64.7 Å². The highest BCUT2D eigenvalue weighted by Crippen LogP contribution is 2.76. The van der Waals surface area contributed by atoms with Crippen LogP contribution in [0.2, 0.25) is 0 Å². The first kappa shape index (κ1) is 22.1. The van der Waals surface area contributed by atoms with Gasteiger partial charge in [-0.1, -0.05) is 42.5 Å². The molecule has 4 nitrogen and oxygen atoms in total. The molecule has 0 aromatic heterocycles. The molecule has 4 bridgehead atoms. The van der Waals surface area contributed by atoms with Crippen LogP contribution in [0.5, 0.6) is 5.75 Å². The highest BCUT2D eigenvalue weighted by atomic mass is 16.6.